The van der Waals surface area contributed by atoms with Gasteiger partial charge in [-0.05, 0) is 12.8 Å². The maximum absolute atomic E-state index is 5.60. The van der Waals surface area contributed by atoms with Gasteiger partial charge in [0.25, 0.3) is 0 Å². The van der Waals surface area contributed by atoms with Crippen LogP contribution in [0.4, 0.5) is 0 Å². The molecule has 1 aromatic heterocycles. The van der Waals surface area contributed by atoms with E-state index in [2.05, 4.69) is 15.2 Å². The SMILES string of the molecule is Cl.Cl.NCC1CCC(c2ncn[nH]2)O1. The summed E-state index contributed by atoms with van der Waals surface area (Å²) >= 11 is 0. The Morgan fingerprint density at radius 1 is 1.50 bits per heavy atom. The molecule has 0 bridgehead atoms. The maximum Gasteiger partial charge on any atom is 0.153 e. The molecule has 3 N–H and O–H groups in total. The highest BCUT2D eigenvalue weighted by molar-refractivity contribution is 5.85. The fourth-order valence-electron chi connectivity index (χ4n) is 1.45. The molecule has 2 heterocycles. The number of ether oxygens (including phenoxy) is 1. The maximum atomic E-state index is 5.60. The Labute approximate surface area is 94.6 Å². The molecule has 0 aromatic carbocycles. The summed E-state index contributed by atoms with van der Waals surface area (Å²) in [6, 6.07) is 0. The molecule has 0 saturated carbocycles. The van der Waals surface area contributed by atoms with Gasteiger partial charge in [-0.1, -0.05) is 0 Å². The highest BCUT2D eigenvalue weighted by atomic mass is 35.5. The number of aromatic amines is 1. The van der Waals surface area contributed by atoms with Gasteiger partial charge >= 0.3 is 0 Å². The fourth-order valence-corrected chi connectivity index (χ4v) is 1.45. The average Bonchev–Trinajstić information content (AvgIpc) is 2.75. The van der Waals surface area contributed by atoms with E-state index in [1.807, 2.05) is 0 Å². The van der Waals surface area contributed by atoms with Crippen molar-refractivity contribution in [2.45, 2.75) is 25.0 Å². The molecule has 82 valence electrons. The van der Waals surface area contributed by atoms with E-state index in [-0.39, 0.29) is 37.0 Å². The molecule has 5 nitrogen and oxygen atoms in total. The van der Waals surface area contributed by atoms with Crippen LogP contribution in [0, 0.1) is 0 Å². The molecule has 1 aromatic rings. The second kappa shape index (κ2) is 6.19. The van der Waals surface area contributed by atoms with Crippen LogP contribution in [0.25, 0.3) is 0 Å². The lowest BCUT2D eigenvalue weighted by molar-refractivity contribution is 0.0450. The molecule has 0 radical (unpaired) electrons. The van der Waals surface area contributed by atoms with Gasteiger partial charge in [-0.3, -0.25) is 5.10 Å². The zero-order valence-corrected chi connectivity index (χ0v) is 9.18. The van der Waals surface area contributed by atoms with Gasteiger partial charge in [0.2, 0.25) is 0 Å². The van der Waals surface area contributed by atoms with Gasteiger partial charge in [-0.25, -0.2) is 4.98 Å². The molecule has 0 amide bonds. The normalized spacial score (nSPS) is 25.2. The van der Waals surface area contributed by atoms with Crippen molar-refractivity contribution < 1.29 is 4.74 Å². The highest BCUT2D eigenvalue weighted by Crippen LogP contribution is 2.29. The molecule has 2 unspecified atom stereocenters. The Hall–Kier alpha value is -0.360. The zero-order valence-electron chi connectivity index (χ0n) is 7.55. The van der Waals surface area contributed by atoms with Crippen molar-refractivity contribution in [2.24, 2.45) is 5.73 Å². The van der Waals surface area contributed by atoms with Crippen LogP contribution in [0.1, 0.15) is 24.8 Å². The number of rotatable bonds is 2. The monoisotopic (exact) mass is 240 g/mol. The second-order valence-electron chi connectivity index (χ2n) is 2.93. The zero-order chi connectivity index (χ0) is 8.39. The third-order valence-electron chi connectivity index (χ3n) is 2.11. The lowest BCUT2D eigenvalue weighted by atomic mass is 10.2. The number of nitrogens with two attached hydrogens (primary N) is 1. The molecule has 7 heteroatoms. The number of nitrogens with one attached hydrogen (secondary N) is 1. The summed E-state index contributed by atoms with van der Waals surface area (Å²) in [4.78, 5) is 4.03. The molecule has 1 aliphatic rings. The van der Waals surface area contributed by atoms with Crippen molar-refractivity contribution in [3.8, 4) is 0 Å². The van der Waals surface area contributed by atoms with Gasteiger partial charge in [0.15, 0.2) is 5.82 Å². The van der Waals surface area contributed by atoms with Crippen molar-refractivity contribution in [3.63, 3.8) is 0 Å². The molecule has 14 heavy (non-hydrogen) atoms. The second-order valence-corrected chi connectivity index (χ2v) is 2.93. The van der Waals surface area contributed by atoms with E-state index in [1.165, 1.54) is 6.33 Å². The van der Waals surface area contributed by atoms with Crippen LogP contribution in [0.2, 0.25) is 0 Å². The number of nitrogens with zero attached hydrogens (tertiary/aromatic N) is 2. The first kappa shape index (κ1) is 13.6. The van der Waals surface area contributed by atoms with Crippen LogP contribution >= 0.6 is 24.8 Å². The standard InChI is InChI=1S/C7H12N4O.2ClH/c8-3-5-1-2-6(12-5)7-9-4-10-11-7;;/h4-6H,1-3,8H2,(H,9,10,11);2*1H. The minimum Gasteiger partial charge on any atom is -0.366 e. The summed E-state index contributed by atoms with van der Waals surface area (Å²) in [7, 11) is 0. The van der Waals surface area contributed by atoms with Crippen LogP contribution in [0.3, 0.4) is 0 Å². The third-order valence-corrected chi connectivity index (χ3v) is 2.11. The highest BCUT2D eigenvalue weighted by Gasteiger charge is 2.27. The Kier molecular flexibility index (Phi) is 6.03. The minimum absolute atomic E-state index is 0. The quantitative estimate of drug-likeness (QED) is 0.803. The fraction of sp³-hybridized carbons (Fsp3) is 0.714. The molecule has 0 aliphatic carbocycles. The molecular weight excluding hydrogens is 227 g/mol. The van der Waals surface area contributed by atoms with Crippen molar-refractivity contribution >= 4 is 24.8 Å². The predicted molar refractivity (Wildman–Crippen MR) is 56.8 cm³/mol. The topological polar surface area (TPSA) is 76.8 Å². The van der Waals surface area contributed by atoms with Crippen LogP contribution in [-0.4, -0.2) is 27.8 Å². The Balaban J connectivity index is 0.000000845. The van der Waals surface area contributed by atoms with E-state index in [9.17, 15) is 0 Å². The van der Waals surface area contributed by atoms with E-state index >= 15 is 0 Å². The molecule has 0 spiro atoms. The van der Waals surface area contributed by atoms with Crippen LogP contribution in [-0.2, 0) is 4.74 Å². The molecule has 1 aliphatic heterocycles. The van der Waals surface area contributed by atoms with E-state index in [4.69, 9.17) is 10.5 Å². The first-order valence-electron chi connectivity index (χ1n) is 4.11. The number of hydrogen-bond donors (Lipinski definition) is 2. The Bertz CT molecular complexity index is 244. The van der Waals surface area contributed by atoms with E-state index in [1.54, 1.807) is 0 Å². The smallest absolute Gasteiger partial charge is 0.153 e. The number of aromatic nitrogens is 3. The molecular formula is C7H14Cl2N4O. The van der Waals surface area contributed by atoms with E-state index in [0.717, 1.165) is 18.7 Å². The van der Waals surface area contributed by atoms with Crippen molar-refractivity contribution in [1.29, 1.82) is 0 Å². The van der Waals surface area contributed by atoms with Gasteiger partial charge in [0.1, 0.15) is 12.4 Å². The van der Waals surface area contributed by atoms with E-state index in [0.29, 0.717) is 6.54 Å². The van der Waals surface area contributed by atoms with Crippen molar-refractivity contribution in [3.05, 3.63) is 12.2 Å². The molecule has 2 rings (SSSR count). The van der Waals surface area contributed by atoms with E-state index < -0.39 is 0 Å². The first-order chi connectivity index (χ1) is 5.90. The third kappa shape index (κ3) is 2.81. The van der Waals surface area contributed by atoms with Gasteiger partial charge in [0, 0.05) is 6.54 Å². The Morgan fingerprint density at radius 3 is 2.79 bits per heavy atom. The first-order valence-corrected chi connectivity index (χ1v) is 4.11. The predicted octanol–water partition coefficient (Wildman–Crippen LogP) is 0.827. The lowest BCUT2D eigenvalue weighted by Gasteiger charge is -2.08. The minimum atomic E-state index is 0. The summed E-state index contributed by atoms with van der Waals surface area (Å²) in [5, 5.41) is 6.57. The molecule has 1 saturated heterocycles. The Morgan fingerprint density at radius 2 is 2.29 bits per heavy atom. The molecule has 1 fully saturated rings. The average molecular weight is 241 g/mol. The summed E-state index contributed by atoms with van der Waals surface area (Å²) < 4.78 is 5.60. The van der Waals surface area contributed by atoms with Gasteiger partial charge in [0.05, 0.1) is 6.10 Å². The van der Waals surface area contributed by atoms with Crippen molar-refractivity contribution in [2.75, 3.05) is 6.54 Å². The lowest BCUT2D eigenvalue weighted by Crippen LogP contribution is -2.19. The summed E-state index contributed by atoms with van der Waals surface area (Å²) in [6.07, 6.45) is 3.76. The van der Waals surface area contributed by atoms with Crippen LogP contribution < -0.4 is 5.73 Å². The van der Waals surface area contributed by atoms with Gasteiger partial charge in [-0.15, -0.1) is 24.8 Å². The van der Waals surface area contributed by atoms with Crippen LogP contribution in [0.15, 0.2) is 6.33 Å². The largest absolute Gasteiger partial charge is 0.366 e. The molecule has 2 atom stereocenters. The number of H-pyrrole nitrogens is 1. The van der Waals surface area contributed by atoms with Gasteiger partial charge in [-0.2, -0.15) is 5.10 Å². The summed E-state index contributed by atoms with van der Waals surface area (Å²) in [6.45, 7) is 0.588. The number of hydrogen-bond acceptors (Lipinski definition) is 4. The van der Waals surface area contributed by atoms with Crippen molar-refractivity contribution in [1.82, 2.24) is 15.2 Å². The summed E-state index contributed by atoms with van der Waals surface area (Å²) in [5.41, 5.74) is 5.48. The number of halogens is 2. The van der Waals surface area contributed by atoms with Crippen LogP contribution in [0.5, 0.6) is 0 Å². The van der Waals surface area contributed by atoms with Gasteiger partial charge < -0.3 is 10.5 Å². The summed E-state index contributed by atoms with van der Waals surface area (Å²) in [5.74, 6) is 0.811.